The number of ether oxygens (including phenoxy) is 2. The van der Waals surface area contributed by atoms with Crippen LogP contribution in [0.4, 0.5) is 11.5 Å². The summed E-state index contributed by atoms with van der Waals surface area (Å²) in [5.74, 6) is 3.54. The lowest BCUT2D eigenvalue weighted by Crippen LogP contribution is -2.48. The molecule has 188 valence electrons. The van der Waals surface area contributed by atoms with Gasteiger partial charge in [-0.15, -0.1) is 0 Å². The maximum absolute atomic E-state index is 13.1. The zero-order chi connectivity index (χ0) is 24.9. The van der Waals surface area contributed by atoms with Gasteiger partial charge in [-0.25, -0.2) is 9.97 Å². The molecule has 2 aliphatic heterocycles. The van der Waals surface area contributed by atoms with E-state index in [1.165, 1.54) is 0 Å². The molecule has 2 fully saturated rings. The Morgan fingerprint density at radius 3 is 2.11 bits per heavy atom. The number of benzene rings is 2. The summed E-state index contributed by atoms with van der Waals surface area (Å²) < 4.78 is 11.3. The highest BCUT2D eigenvalue weighted by atomic mass is 16.5. The first-order chi connectivity index (χ1) is 17.6. The SMILES string of the molecule is COc1ccc(N2CCN(C(=O)c3ccc(Oc4nccnc4N4CCC(C)CC4)cc3)CC2)cc1. The number of amides is 1. The van der Waals surface area contributed by atoms with Crippen molar-refractivity contribution >= 4 is 17.4 Å². The Hall–Kier alpha value is -3.81. The first-order valence-corrected chi connectivity index (χ1v) is 12.6. The average molecular weight is 488 g/mol. The second-order valence-corrected chi connectivity index (χ2v) is 9.46. The monoisotopic (exact) mass is 487 g/mol. The second kappa shape index (κ2) is 10.8. The van der Waals surface area contributed by atoms with E-state index < -0.39 is 0 Å². The lowest BCUT2D eigenvalue weighted by Gasteiger charge is -2.36. The third-order valence-corrected chi connectivity index (χ3v) is 7.05. The van der Waals surface area contributed by atoms with Crippen LogP contribution in [0.2, 0.25) is 0 Å². The zero-order valence-corrected chi connectivity index (χ0v) is 21.0. The molecule has 3 aromatic rings. The minimum atomic E-state index is 0.0403. The van der Waals surface area contributed by atoms with Crippen LogP contribution in [0.1, 0.15) is 30.1 Å². The van der Waals surface area contributed by atoms with Crippen molar-refractivity contribution in [2.24, 2.45) is 5.92 Å². The number of piperazine rings is 1. The van der Waals surface area contributed by atoms with E-state index in [2.05, 4.69) is 38.8 Å². The molecular formula is C28H33N5O3. The summed E-state index contributed by atoms with van der Waals surface area (Å²) in [6.07, 6.45) is 5.63. The molecular weight excluding hydrogens is 454 g/mol. The van der Waals surface area contributed by atoms with Crippen LogP contribution < -0.4 is 19.3 Å². The summed E-state index contributed by atoms with van der Waals surface area (Å²) in [5, 5.41) is 0. The molecule has 3 heterocycles. The minimum Gasteiger partial charge on any atom is -0.497 e. The van der Waals surface area contributed by atoms with Gasteiger partial charge >= 0.3 is 0 Å². The molecule has 8 nitrogen and oxygen atoms in total. The molecule has 2 aliphatic rings. The van der Waals surface area contributed by atoms with Crippen molar-refractivity contribution in [1.29, 1.82) is 0 Å². The summed E-state index contributed by atoms with van der Waals surface area (Å²) in [6, 6.07) is 15.4. The standard InChI is InChI=1S/C28H33N5O3/c1-21-11-15-32(16-12-21)26-27(30-14-13-29-26)36-25-7-3-22(4-8-25)28(34)33-19-17-31(18-20-33)23-5-9-24(35-2)10-6-23/h3-10,13-14,21H,11-12,15-20H2,1-2H3. The quantitative estimate of drug-likeness (QED) is 0.508. The molecule has 36 heavy (non-hydrogen) atoms. The third kappa shape index (κ3) is 5.37. The van der Waals surface area contributed by atoms with E-state index in [0.29, 0.717) is 30.3 Å². The number of rotatable bonds is 6. The van der Waals surface area contributed by atoms with Crippen molar-refractivity contribution in [3.8, 4) is 17.4 Å². The van der Waals surface area contributed by atoms with E-state index in [0.717, 1.165) is 62.2 Å². The Kier molecular flexibility index (Phi) is 7.21. The number of methoxy groups -OCH3 is 1. The summed E-state index contributed by atoms with van der Waals surface area (Å²) in [6.45, 7) is 7.15. The highest BCUT2D eigenvalue weighted by Crippen LogP contribution is 2.31. The molecule has 8 heteroatoms. The Morgan fingerprint density at radius 2 is 1.44 bits per heavy atom. The van der Waals surface area contributed by atoms with E-state index in [1.54, 1.807) is 19.5 Å². The summed E-state index contributed by atoms with van der Waals surface area (Å²) in [4.78, 5) is 28.5. The molecule has 0 unspecified atom stereocenters. The van der Waals surface area contributed by atoms with Crippen molar-refractivity contribution in [3.05, 3.63) is 66.5 Å². The predicted octanol–water partition coefficient (Wildman–Crippen LogP) is 4.48. The topological polar surface area (TPSA) is 71.0 Å². The smallest absolute Gasteiger partial charge is 0.263 e. The zero-order valence-electron chi connectivity index (χ0n) is 21.0. The van der Waals surface area contributed by atoms with E-state index in [9.17, 15) is 4.79 Å². The van der Waals surface area contributed by atoms with E-state index >= 15 is 0 Å². The number of piperidine rings is 1. The van der Waals surface area contributed by atoms with E-state index in [-0.39, 0.29) is 5.91 Å². The molecule has 0 saturated carbocycles. The summed E-state index contributed by atoms with van der Waals surface area (Å²) >= 11 is 0. The van der Waals surface area contributed by atoms with Crippen molar-refractivity contribution < 1.29 is 14.3 Å². The van der Waals surface area contributed by atoms with Crippen LogP contribution in [0.15, 0.2) is 60.9 Å². The van der Waals surface area contributed by atoms with Gasteiger partial charge in [-0.3, -0.25) is 4.79 Å². The van der Waals surface area contributed by atoms with Gasteiger partial charge < -0.3 is 24.2 Å². The van der Waals surface area contributed by atoms with Gasteiger partial charge in [0.15, 0.2) is 5.82 Å². The normalized spacial score (nSPS) is 16.7. The van der Waals surface area contributed by atoms with Crippen LogP contribution in [-0.4, -0.2) is 67.2 Å². The van der Waals surface area contributed by atoms with E-state index in [4.69, 9.17) is 9.47 Å². The summed E-state index contributed by atoms with van der Waals surface area (Å²) in [5.41, 5.74) is 1.80. The molecule has 0 atom stereocenters. The van der Waals surface area contributed by atoms with Gasteiger partial charge in [0.2, 0.25) is 0 Å². The first kappa shape index (κ1) is 23.9. The number of carbonyl (C=O) groups is 1. The number of nitrogens with zero attached hydrogens (tertiary/aromatic N) is 5. The van der Waals surface area contributed by atoms with Gasteiger partial charge in [-0.2, -0.15) is 0 Å². The fourth-order valence-electron chi connectivity index (χ4n) is 4.75. The number of anilines is 2. The van der Waals surface area contributed by atoms with Crippen LogP contribution >= 0.6 is 0 Å². The Bertz CT molecular complexity index is 1150. The fourth-order valence-corrected chi connectivity index (χ4v) is 4.75. The van der Waals surface area contributed by atoms with Crippen LogP contribution in [0.5, 0.6) is 17.4 Å². The highest BCUT2D eigenvalue weighted by Gasteiger charge is 2.23. The molecule has 5 rings (SSSR count). The molecule has 1 amide bonds. The molecule has 0 spiro atoms. The Balaban J connectivity index is 1.19. The van der Waals surface area contributed by atoms with Crippen molar-refractivity contribution in [1.82, 2.24) is 14.9 Å². The highest BCUT2D eigenvalue weighted by molar-refractivity contribution is 5.94. The average Bonchev–Trinajstić information content (AvgIpc) is 2.94. The molecule has 1 aromatic heterocycles. The van der Waals surface area contributed by atoms with Crippen LogP contribution in [0.25, 0.3) is 0 Å². The van der Waals surface area contributed by atoms with Gasteiger partial charge in [0, 0.05) is 62.9 Å². The van der Waals surface area contributed by atoms with Gasteiger partial charge in [0.25, 0.3) is 11.8 Å². The predicted molar refractivity (Wildman–Crippen MR) is 140 cm³/mol. The van der Waals surface area contributed by atoms with Gasteiger partial charge in [-0.1, -0.05) is 6.92 Å². The largest absolute Gasteiger partial charge is 0.497 e. The molecule has 0 N–H and O–H groups in total. The van der Waals surface area contributed by atoms with Crippen LogP contribution in [0, 0.1) is 5.92 Å². The lowest BCUT2D eigenvalue weighted by atomic mass is 9.99. The molecule has 0 radical (unpaired) electrons. The molecule has 0 aliphatic carbocycles. The number of hydrogen-bond donors (Lipinski definition) is 0. The van der Waals surface area contributed by atoms with Gasteiger partial charge in [-0.05, 0) is 67.3 Å². The van der Waals surface area contributed by atoms with Gasteiger partial charge in [0.1, 0.15) is 11.5 Å². The third-order valence-electron chi connectivity index (χ3n) is 7.05. The van der Waals surface area contributed by atoms with Crippen molar-refractivity contribution in [3.63, 3.8) is 0 Å². The number of carbonyl (C=O) groups excluding carboxylic acids is 1. The maximum atomic E-state index is 13.1. The molecule has 2 saturated heterocycles. The maximum Gasteiger partial charge on any atom is 0.263 e. The fraction of sp³-hybridized carbons (Fsp3) is 0.393. The minimum absolute atomic E-state index is 0.0403. The van der Waals surface area contributed by atoms with Crippen molar-refractivity contribution in [2.45, 2.75) is 19.8 Å². The number of hydrogen-bond acceptors (Lipinski definition) is 7. The van der Waals surface area contributed by atoms with Crippen LogP contribution in [-0.2, 0) is 0 Å². The van der Waals surface area contributed by atoms with Crippen molar-refractivity contribution in [2.75, 3.05) is 56.2 Å². The first-order valence-electron chi connectivity index (χ1n) is 12.6. The lowest BCUT2D eigenvalue weighted by molar-refractivity contribution is 0.0747. The van der Waals surface area contributed by atoms with Crippen LogP contribution in [0.3, 0.4) is 0 Å². The number of aromatic nitrogens is 2. The Morgan fingerprint density at radius 1 is 0.806 bits per heavy atom. The Labute approximate surface area is 212 Å². The molecule has 2 aromatic carbocycles. The second-order valence-electron chi connectivity index (χ2n) is 9.46. The molecule has 0 bridgehead atoms. The van der Waals surface area contributed by atoms with E-state index in [1.807, 2.05) is 41.3 Å². The summed E-state index contributed by atoms with van der Waals surface area (Å²) in [7, 11) is 1.67. The van der Waals surface area contributed by atoms with Gasteiger partial charge in [0.05, 0.1) is 7.11 Å².